The second-order valence-electron chi connectivity index (χ2n) is 8.30. The molecule has 0 spiro atoms. The highest BCUT2D eigenvalue weighted by Crippen LogP contribution is 2.36. The third-order valence-corrected chi connectivity index (χ3v) is 6.18. The lowest BCUT2D eigenvalue weighted by Gasteiger charge is -2.17. The molecule has 5 nitrogen and oxygen atoms in total. The zero-order chi connectivity index (χ0) is 18.9. The van der Waals surface area contributed by atoms with Crippen LogP contribution in [0.25, 0.3) is 11.4 Å². The molecule has 2 aromatic heterocycles. The van der Waals surface area contributed by atoms with Crippen LogP contribution in [0.4, 0.5) is 0 Å². The summed E-state index contributed by atoms with van der Waals surface area (Å²) < 4.78 is 4.62. The first-order valence-corrected chi connectivity index (χ1v) is 10.4. The van der Waals surface area contributed by atoms with Gasteiger partial charge in [0, 0.05) is 55.0 Å². The largest absolute Gasteiger partial charge is 0.391 e. The van der Waals surface area contributed by atoms with Gasteiger partial charge < -0.3 is 19.6 Å². The maximum absolute atomic E-state index is 10.6. The lowest BCUT2D eigenvalue weighted by molar-refractivity contribution is 0.145. The Bertz CT molecular complexity index is 912. The van der Waals surface area contributed by atoms with Crippen molar-refractivity contribution in [2.75, 3.05) is 0 Å². The number of rotatable bonds is 7. The predicted octanol–water partition coefficient (Wildman–Crippen LogP) is 3.62. The van der Waals surface area contributed by atoms with E-state index in [0.717, 1.165) is 37.3 Å². The van der Waals surface area contributed by atoms with E-state index in [-0.39, 0.29) is 12.1 Å². The Morgan fingerprint density at radius 3 is 2.71 bits per heavy atom. The summed E-state index contributed by atoms with van der Waals surface area (Å²) in [5.41, 5.74) is 2.47. The second kappa shape index (κ2) is 7.57. The number of aromatic nitrogens is 3. The minimum Gasteiger partial charge on any atom is -0.391 e. The SMILES string of the molecule is O[C@@H]1CC(Cn2ccnc2-c2ccccc2)C[C@H]1NCc1cccn1C1CC1. The van der Waals surface area contributed by atoms with Crippen LogP contribution in [0.2, 0.25) is 0 Å². The van der Waals surface area contributed by atoms with Gasteiger partial charge in [-0.1, -0.05) is 30.3 Å². The second-order valence-corrected chi connectivity index (χ2v) is 8.30. The first-order chi connectivity index (χ1) is 13.8. The third-order valence-electron chi connectivity index (χ3n) is 6.18. The number of aliphatic hydroxyl groups is 1. The van der Waals surface area contributed by atoms with Crippen LogP contribution in [0.15, 0.2) is 61.1 Å². The summed E-state index contributed by atoms with van der Waals surface area (Å²) in [4.78, 5) is 4.55. The van der Waals surface area contributed by atoms with Gasteiger partial charge in [0.2, 0.25) is 0 Å². The minimum atomic E-state index is -0.280. The zero-order valence-electron chi connectivity index (χ0n) is 16.1. The molecule has 0 bridgehead atoms. The number of nitrogens with one attached hydrogen (secondary N) is 1. The number of aliphatic hydroxyl groups excluding tert-OH is 1. The number of nitrogens with zero attached hydrogens (tertiary/aromatic N) is 3. The van der Waals surface area contributed by atoms with Gasteiger partial charge in [0.1, 0.15) is 5.82 Å². The van der Waals surface area contributed by atoms with Gasteiger partial charge in [0.15, 0.2) is 0 Å². The molecule has 0 aliphatic heterocycles. The molecule has 2 aliphatic rings. The fourth-order valence-electron chi connectivity index (χ4n) is 4.59. The molecular formula is C23H28N4O. The zero-order valence-corrected chi connectivity index (χ0v) is 16.1. The Morgan fingerprint density at radius 2 is 1.89 bits per heavy atom. The maximum atomic E-state index is 10.6. The average molecular weight is 377 g/mol. The van der Waals surface area contributed by atoms with E-state index in [1.54, 1.807) is 0 Å². The van der Waals surface area contributed by atoms with Crippen molar-refractivity contribution in [2.45, 2.75) is 57.0 Å². The van der Waals surface area contributed by atoms with Crippen LogP contribution in [-0.4, -0.2) is 31.4 Å². The molecule has 1 aromatic carbocycles. The number of imidazole rings is 1. The molecule has 2 aliphatic carbocycles. The normalized spacial score (nSPS) is 24.7. The Hall–Kier alpha value is -2.37. The molecular weight excluding hydrogens is 348 g/mol. The third kappa shape index (κ3) is 3.64. The van der Waals surface area contributed by atoms with Crippen LogP contribution in [-0.2, 0) is 13.1 Å². The van der Waals surface area contributed by atoms with Gasteiger partial charge in [0.25, 0.3) is 0 Å². The molecule has 2 N–H and O–H groups in total. The first kappa shape index (κ1) is 17.7. The molecule has 146 valence electrons. The monoisotopic (exact) mass is 376 g/mol. The molecule has 5 rings (SSSR count). The van der Waals surface area contributed by atoms with Crippen LogP contribution < -0.4 is 5.32 Å². The summed E-state index contributed by atoms with van der Waals surface area (Å²) in [5.74, 6) is 1.47. The molecule has 3 aromatic rings. The highest BCUT2D eigenvalue weighted by atomic mass is 16.3. The fraction of sp³-hybridized carbons (Fsp3) is 0.435. The molecule has 2 heterocycles. The summed E-state index contributed by atoms with van der Waals surface area (Å²) in [5, 5.41) is 14.2. The van der Waals surface area contributed by atoms with Gasteiger partial charge in [-0.05, 0) is 43.7 Å². The van der Waals surface area contributed by atoms with Crippen molar-refractivity contribution in [1.82, 2.24) is 19.4 Å². The van der Waals surface area contributed by atoms with Crippen molar-refractivity contribution in [3.63, 3.8) is 0 Å². The smallest absolute Gasteiger partial charge is 0.139 e. The molecule has 28 heavy (non-hydrogen) atoms. The highest BCUT2D eigenvalue weighted by Gasteiger charge is 2.33. The van der Waals surface area contributed by atoms with Gasteiger partial charge in [-0.15, -0.1) is 0 Å². The van der Waals surface area contributed by atoms with E-state index in [4.69, 9.17) is 0 Å². The summed E-state index contributed by atoms with van der Waals surface area (Å²) >= 11 is 0. The van der Waals surface area contributed by atoms with Gasteiger partial charge in [-0.3, -0.25) is 0 Å². The average Bonchev–Trinajstić information content (AvgIpc) is 3.11. The van der Waals surface area contributed by atoms with Crippen molar-refractivity contribution in [3.05, 3.63) is 66.7 Å². The van der Waals surface area contributed by atoms with Crippen LogP contribution in [0.5, 0.6) is 0 Å². The van der Waals surface area contributed by atoms with Gasteiger partial charge in [-0.25, -0.2) is 4.98 Å². The Kier molecular flexibility index (Phi) is 4.79. The Morgan fingerprint density at radius 1 is 1.04 bits per heavy atom. The Balaban J connectivity index is 1.21. The van der Waals surface area contributed by atoms with Crippen molar-refractivity contribution in [2.24, 2.45) is 5.92 Å². The maximum Gasteiger partial charge on any atom is 0.139 e. The van der Waals surface area contributed by atoms with Crippen LogP contribution in [0.1, 0.15) is 37.4 Å². The Labute approximate surface area is 166 Å². The molecule has 1 unspecified atom stereocenters. The minimum absolute atomic E-state index is 0.163. The van der Waals surface area contributed by atoms with E-state index >= 15 is 0 Å². The summed E-state index contributed by atoms with van der Waals surface area (Å²) in [7, 11) is 0. The summed E-state index contributed by atoms with van der Waals surface area (Å²) in [6.45, 7) is 1.73. The van der Waals surface area contributed by atoms with Crippen molar-refractivity contribution in [3.8, 4) is 11.4 Å². The molecule has 0 radical (unpaired) electrons. The van der Waals surface area contributed by atoms with E-state index in [2.05, 4.69) is 56.1 Å². The molecule has 0 saturated heterocycles. The van der Waals surface area contributed by atoms with Crippen molar-refractivity contribution >= 4 is 0 Å². The van der Waals surface area contributed by atoms with E-state index in [0.29, 0.717) is 12.0 Å². The lowest BCUT2D eigenvalue weighted by Crippen LogP contribution is -2.35. The van der Waals surface area contributed by atoms with Crippen molar-refractivity contribution < 1.29 is 5.11 Å². The number of hydrogen-bond acceptors (Lipinski definition) is 3. The topological polar surface area (TPSA) is 55.0 Å². The van der Waals surface area contributed by atoms with E-state index in [9.17, 15) is 5.11 Å². The summed E-state index contributed by atoms with van der Waals surface area (Å²) in [6, 6.07) is 15.5. The van der Waals surface area contributed by atoms with Gasteiger partial charge >= 0.3 is 0 Å². The quantitative estimate of drug-likeness (QED) is 0.662. The van der Waals surface area contributed by atoms with Gasteiger partial charge in [-0.2, -0.15) is 0 Å². The van der Waals surface area contributed by atoms with E-state index in [1.165, 1.54) is 18.5 Å². The molecule has 3 atom stereocenters. The van der Waals surface area contributed by atoms with Crippen molar-refractivity contribution in [1.29, 1.82) is 0 Å². The fourth-order valence-corrected chi connectivity index (χ4v) is 4.59. The van der Waals surface area contributed by atoms with E-state index < -0.39 is 0 Å². The molecule has 0 amide bonds. The molecule has 2 saturated carbocycles. The van der Waals surface area contributed by atoms with Crippen LogP contribution in [0, 0.1) is 5.92 Å². The highest BCUT2D eigenvalue weighted by molar-refractivity contribution is 5.55. The number of benzene rings is 1. The predicted molar refractivity (Wildman–Crippen MR) is 110 cm³/mol. The van der Waals surface area contributed by atoms with Crippen LogP contribution in [0.3, 0.4) is 0 Å². The first-order valence-electron chi connectivity index (χ1n) is 10.4. The standard InChI is InChI=1S/C23H28N4O/c28-22-14-17(16-26-12-10-24-23(26)18-5-2-1-3-6-18)13-21(22)25-15-20-7-4-11-27(20)19-8-9-19/h1-7,10-12,17,19,21-22,25,28H,8-9,13-16H2/t17?,21-,22-/m1/s1. The summed E-state index contributed by atoms with van der Waals surface area (Å²) in [6.07, 6.45) is 10.3. The number of hydrogen-bond donors (Lipinski definition) is 2. The van der Waals surface area contributed by atoms with E-state index in [1.807, 2.05) is 24.4 Å². The lowest BCUT2D eigenvalue weighted by atomic mass is 10.1. The molecule has 2 fully saturated rings. The van der Waals surface area contributed by atoms with Gasteiger partial charge in [0.05, 0.1) is 6.10 Å². The molecule has 5 heteroatoms. The van der Waals surface area contributed by atoms with Crippen LogP contribution >= 0.6 is 0 Å².